The minimum atomic E-state index is -4.72. The first-order valence-electron chi connectivity index (χ1n) is 7.09. The van der Waals surface area contributed by atoms with Crippen molar-refractivity contribution in [1.82, 2.24) is 9.55 Å². The van der Waals surface area contributed by atoms with Crippen molar-refractivity contribution in [3.63, 3.8) is 0 Å². The third kappa shape index (κ3) is 3.74. The first-order chi connectivity index (χ1) is 11.8. The number of aryl methyl sites for hydroxylation is 1. The molecule has 0 aliphatic carbocycles. The molecule has 0 radical (unpaired) electrons. The van der Waals surface area contributed by atoms with E-state index in [1.54, 1.807) is 23.7 Å². The van der Waals surface area contributed by atoms with E-state index in [9.17, 15) is 13.2 Å². The van der Waals surface area contributed by atoms with Gasteiger partial charge in [-0.1, -0.05) is 11.6 Å². The van der Waals surface area contributed by atoms with Gasteiger partial charge < -0.3 is 19.4 Å². The number of aromatic nitrogens is 2. The molecule has 0 spiro atoms. The molecular weight excluding hydrogens is 359 g/mol. The maximum Gasteiger partial charge on any atom is 0.573 e. The molecule has 3 aromatic rings. The number of hydrogen-bond donors (Lipinski definition) is 1. The van der Waals surface area contributed by atoms with Crippen LogP contribution >= 0.6 is 11.6 Å². The van der Waals surface area contributed by atoms with Crippen molar-refractivity contribution in [3.8, 4) is 11.5 Å². The van der Waals surface area contributed by atoms with Crippen LogP contribution in [-0.2, 0) is 7.05 Å². The number of rotatable bonds is 4. The number of anilines is 2. The smallest absolute Gasteiger partial charge is 0.494 e. The van der Waals surface area contributed by atoms with Crippen LogP contribution in [0.3, 0.4) is 0 Å². The molecule has 0 saturated carbocycles. The Hall–Kier alpha value is -2.61. The van der Waals surface area contributed by atoms with Gasteiger partial charge in [0, 0.05) is 23.8 Å². The minimum Gasteiger partial charge on any atom is -0.494 e. The van der Waals surface area contributed by atoms with E-state index in [1.165, 1.54) is 31.4 Å². The molecule has 1 aromatic heterocycles. The fourth-order valence-electron chi connectivity index (χ4n) is 2.41. The van der Waals surface area contributed by atoms with Crippen LogP contribution < -0.4 is 14.8 Å². The van der Waals surface area contributed by atoms with E-state index in [1.807, 2.05) is 0 Å². The highest BCUT2D eigenvalue weighted by molar-refractivity contribution is 6.31. The normalized spacial score (nSPS) is 11.6. The Balaban J connectivity index is 1.89. The van der Waals surface area contributed by atoms with Crippen molar-refractivity contribution in [2.75, 3.05) is 12.4 Å². The number of benzene rings is 2. The van der Waals surface area contributed by atoms with Gasteiger partial charge in [0.2, 0.25) is 5.95 Å². The zero-order valence-electron chi connectivity index (χ0n) is 13.2. The summed E-state index contributed by atoms with van der Waals surface area (Å²) in [6.07, 6.45) is -4.72. The maximum atomic E-state index is 12.2. The largest absolute Gasteiger partial charge is 0.573 e. The summed E-state index contributed by atoms with van der Waals surface area (Å²) in [5.74, 6) is 0.760. The summed E-state index contributed by atoms with van der Waals surface area (Å²) in [5, 5.41) is 3.53. The number of ether oxygens (including phenoxy) is 2. The quantitative estimate of drug-likeness (QED) is 0.710. The third-order valence-corrected chi connectivity index (χ3v) is 3.68. The topological polar surface area (TPSA) is 48.3 Å². The minimum absolute atomic E-state index is 0.295. The molecule has 0 aliphatic heterocycles. The van der Waals surface area contributed by atoms with E-state index in [-0.39, 0.29) is 5.75 Å². The van der Waals surface area contributed by atoms with Crippen molar-refractivity contribution < 1.29 is 22.6 Å². The second-order valence-corrected chi connectivity index (χ2v) is 5.60. The van der Waals surface area contributed by atoms with Crippen molar-refractivity contribution in [3.05, 3.63) is 41.4 Å². The second kappa shape index (κ2) is 6.36. The van der Waals surface area contributed by atoms with E-state index >= 15 is 0 Å². The van der Waals surface area contributed by atoms with Gasteiger partial charge in [-0.05, 0) is 30.3 Å². The van der Waals surface area contributed by atoms with Crippen LogP contribution in [0.15, 0.2) is 36.4 Å². The van der Waals surface area contributed by atoms with Crippen LogP contribution in [0.5, 0.6) is 11.5 Å². The lowest BCUT2D eigenvalue weighted by Crippen LogP contribution is -2.17. The summed E-state index contributed by atoms with van der Waals surface area (Å²) in [6, 6.07) is 8.74. The number of imidazole rings is 1. The zero-order valence-corrected chi connectivity index (χ0v) is 13.9. The lowest BCUT2D eigenvalue weighted by molar-refractivity contribution is -0.274. The summed E-state index contributed by atoms with van der Waals surface area (Å²) < 4.78 is 47.5. The van der Waals surface area contributed by atoms with Crippen LogP contribution in [0.25, 0.3) is 11.0 Å². The molecule has 1 heterocycles. The Morgan fingerprint density at radius 3 is 2.44 bits per heavy atom. The summed E-state index contributed by atoms with van der Waals surface area (Å²) in [4.78, 5) is 4.43. The molecule has 0 saturated heterocycles. The number of hydrogen-bond acceptors (Lipinski definition) is 4. The summed E-state index contributed by atoms with van der Waals surface area (Å²) in [6.45, 7) is 0. The van der Waals surface area contributed by atoms with Crippen LogP contribution in [-0.4, -0.2) is 23.0 Å². The van der Waals surface area contributed by atoms with Gasteiger partial charge in [0.25, 0.3) is 0 Å². The predicted molar refractivity (Wildman–Crippen MR) is 88.7 cm³/mol. The highest BCUT2D eigenvalue weighted by Crippen LogP contribution is 2.32. The van der Waals surface area contributed by atoms with E-state index in [4.69, 9.17) is 16.3 Å². The predicted octanol–water partition coefficient (Wildman–Crippen LogP) is 4.88. The average molecular weight is 372 g/mol. The van der Waals surface area contributed by atoms with Gasteiger partial charge in [0.05, 0.1) is 12.6 Å². The Morgan fingerprint density at radius 2 is 1.84 bits per heavy atom. The van der Waals surface area contributed by atoms with Gasteiger partial charge in [0.15, 0.2) is 0 Å². The molecule has 2 aromatic carbocycles. The molecule has 0 bridgehead atoms. The standard InChI is InChI=1S/C16H13ClF3N3O2/c1-23-14-12(7-9(17)8-13(14)24-2)22-15(23)21-10-3-5-11(6-4-10)25-16(18,19)20/h3-8H,1-2H3,(H,21,22). The molecule has 0 aliphatic rings. The fourth-order valence-corrected chi connectivity index (χ4v) is 2.62. The summed E-state index contributed by atoms with van der Waals surface area (Å²) >= 11 is 6.04. The second-order valence-electron chi connectivity index (χ2n) is 5.17. The Labute approximate surface area is 145 Å². The lowest BCUT2D eigenvalue weighted by Gasteiger charge is -2.10. The molecule has 25 heavy (non-hydrogen) atoms. The molecule has 0 amide bonds. The van der Waals surface area contributed by atoms with E-state index in [0.29, 0.717) is 27.9 Å². The summed E-state index contributed by atoms with van der Waals surface area (Å²) in [5.41, 5.74) is 1.93. The van der Waals surface area contributed by atoms with Crippen LogP contribution in [0.4, 0.5) is 24.8 Å². The van der Waals surface area contributed by atoms with Crippen molar-refractivity contribution >= 4 is 34.3 Å². The van der Waals surface area contributed by atoms with Gasteiger partial charge in [-0.25, -0.2) is 4.98 Å². The molecule has 3 rings (SSSR count). The fraction of sp³-hybridized carbons (Fsp3) is 0.188. The molecular formula is C16H13ClF3N3O2. The van der Waals surface area contributed by atoms with Gasteiger partial charge in [0.1, 0.15) is 17.0 Å². The van der Waals surface area contributed by atoms with Gasteiger partial charge in [-0.2, -0.15) is 0 Å². The van der Waals surface area contributed by atoms with E-state index in [0.717, 1.165) is 5.52 Å². The number of nitrogens with zero attached hydrogens (tertiary/aromatic N) is 2. The molecule has 0 atom stereocenters. The number of nitrogens with one attached hydrogen (secondary N) is 1. The number of methoxy groups -OCH3 is 1. The first kappa shape index (κ1) is 17.2. The average Bonchev–Trinajstić information content (AvgIpc) is 2.83. The molecule has 5 nitrogen and oxygen atoms in total. The molecule has 0 fully saturated rings. The molecule has 1 N–H and O–H groups in total. The van der Waals surface area contributed by atoms with Gasteiger partial charge in [-0.15, -0.1) is 13.2 Å². The van der Waals surface area contributed by atoms with E-state index in [2.05, 4.69) is 15.0 Å². The van der Waals surface area contributed by atoms with Gasteiger partial charge in [-0.3, -0.25) is 0 Å². The molecule has 132 valence electrons. The highest BCUT2D eigenvalue weighted by Gasteiger charge is 2.30. The van der Waals surface area contributed by atoms with Crippen molar-refractivity contribution in [1.29, 1.82) is 0 Å². The molecule has 9 heteroatoms. The maximum absolute atomic E-state index is 12.2. The molecule has 0 unspecified atom stereocenters. The highest BCUT2D eigenvalue weighted by atomic mass is 35.5. The van der Waals surface area contributed by atoms with Crippen LogP contribution in [0.2, 0.25) is 5.02 Å². The van der Waals surface area contributed by atoms with Crippen molar-refractivity contribution in [2.24, 2.45) is 7.05 Å². The van der Waals surface area contributed by atoms with E-state index < -0.39 is 6.36 Å². The summed E-state index contributed by atoms with van der Waals surface area (Å²) in [7, 11) is 3.32. The Bertz CT molecular complexity index is 908. The SMILES string of the molecule is COc1cc(Cl)cc2nc(Nc3ccc(OC(F)(F)F)cc3)n(C)c12. The lowest BCUT2D eigenvalue weighted by atomic mass is 10.3. The first-order valence-corrected chi connectivity index (χ1v) is 7.47. The van der Waals surface area contributed by atoms with Crippen LogP contribution in [0, 0.1) is 0 Å². The zero-order chi connectivity index (χ0) is 18.2. The number of fused-ring (bicyclic) bond motifs is 1. The third-order valence-electron chi connectivity index (χ3n) is 3.46. The number of halogens is 4. The number of alkyl halides is 3. The Morgan fingerprint density at radius 1 is 1.16 bits per heavy atom. The van der Waals surface area contributed by atoms with Gasteiger partial charge >= 0.3 is 6.36 Å². The van der Waals surface area contributed by atoms with Crippen molar-refractivity contribution in [2.45, 2.75) is 6.36 Å². The Kier molecular flexibility index (Phi) is 4.38. The van der Waals surface area contributed by atoms with Crippen LogP contribution in [0.1, 0.15) is 0 Å². The monoisotopic (exact) mass is 371 g/mol.